The van der Waals surface area contributed by atoms with Gasteiger partial charge in [0.1, 0.15) is 11.6 Å². The molecule has 1 fully saturated rings. The topological polar surface area (TPSA) is 63.7 Å². The summed E-state index contributed by atoms with van der Waals surface area (Å²) >= 11 is 0. The molecule has 1 atom stereocenters. The van der Waals surface area contributed by atoms with E-state index in [0.29, 0.717) is 5.75 Å². The van der Waals surface area contributed by atoms with Gasteiger partial charge < -0.3 is 9.64 Å². The number of carbonyl (C=O) groups excluding carboxylic acids is 1. The summed E-state index contributed by atoms with van der Waals surface area (Å²) in [5.74, 6) is -2.00. The Labute approximate surface area is 115 Å². The van der Waals surface area contributed by atoms with Gasteiger partial charge in [-0.15, -0.1) is 3.89 Å². The number of anilines is 1. The maximum absolute atomic E-state index is 13.3. The lowest BCUT2D eigenvalue weighted by Gasteiger charge is -2.19. The van der Waals surface area contributed by atoms with E-state index >= 15 is 0 Å². The fourth-order valence-corrected chi connectivity index (χ4v) is 3.07. The Hall–Kier alpha value is -1.70. The van der Waals surface area contributed by atoms with E-state index in [1.54, 1.807) is 0 Å². The van der Waals surface area contributed by atoms with Crippen molar-refractivity contribution in [2.24, 2.45) is 5.92 Å². The molecule has 0 aliphatic carbocycles. The summed E-state index contributed by atoms with van der Waals surface area (Å²) < 4.78 is 52.3. The van der Waals surface area contributed by atoms with E-state index in [1.807, 2.05) is 0 Å². The van der Waals surface area contributed by atoms with Gasteiger partial charge in [-0.1, -0.05) is 0 Å². The summed E-state index contributed by atoms with van der Waals surface area (Å²) in [6, 6.07) is 3.69. The van der Waals surface area contributed by atoms with Gasteiger partial charge in [0.2, 0.25) is 5.91 Å². The molecular formula is C12H13F2NO4S. The summed E-state index contributed by atoms with van der Waals surface area (Å²) in [6.45, 7) is 0.0157. The lowest BCUT2D eigenvalue weighted by Crippen LogP contribution is -2.26. The zero-order valence-electron chi connectivity index (χ0n) is 10.7. The smallest absolute Gasteiger partial charge is 0.302 e. The molecule has 1 heterocycles. The second-order valence-electron chi connectivity index (χ2n) is 4.60. The van der Waals surface area contributed by atoms with Crippen LogP contribution in [0.2, 0.25) is 0 Å². The van der Waals surface area contributed by atoms with Crippen molar-refractivity contribution in [2.45, 2.75) is 6.42 Å². The van der Waals surface area contributed by atoms with E-state index in [-0.39, 0.29) is 24.6 Å². The van der Waals surface area contributed by atoms with Crippen LogP contribution in [0.1, 0.15) is 6.42 Å². The largest absolute Gasteiger partial charge is 0.495 e. The third kappa shape index (κ3) is 3.24. The van der Waals surface area contributed by atoms with Crippen LogP contribution in [0, 0.1) is 11.7 Å². The van der Waals surface area contributed by atoms with E-state index < -0.39 is 27.7 Å². The average Bonchev–Trinajstić information content (AvgIpc) is 2.67. The number of methoxy groups -OCH3 is 1. The summed E-state index contributed by atoms with van der Waals surface area (Å²) in [5.41, 5.74) is 0.219. The van der Waals surface area contributed by atoms with E-state index in [2.05, 4.69) is 0 Å². The molecule has 1 aliphatic rings. The highest BCUT2D eigenvalue weighted by Gasteiger charge is 2.35. The molecule has 1 aromatic rings. The number of amides is 1. The number of halogens is 2. The quantitative estimate of drug-likeness (QED) is 0.791. The first kappa shape index (κ1) is 14.7. The van der Waals surface area contributed by atoms with Crippen molar-refractivity contribution in [3.8, 4) is 5.75 Å². The Balaban J connectivity index is 2.26. The normalized spacial score (nSPS) is 19.4. The van der Waals surface area contributed by atoms with Crippen molar-refractivity contribution in [1.82, 2.24) is 0 Å². The lowest BCUT2D eigenvalue weighted by atomic mass is 10.1. The van der Waals surface area contributed by atoms with Gasteiger partial charge in [-0.05, 0) is 12.1 Å². The number of hydrogen-bond acceptors (Lipinski definition) is 4. The van der Waals surface area contributed by atoms with Crippen LogP contribution in [-0.4, -0.2) is 33.7 Å². The van der Waals surface area contributed by atoms with Gasteiger partial charge in [0.05, 0.1) is 18.6 Å². The predicted octanol–water partition coefficient (Wildman–Crippen LogP) is 1.49. The van der Waals surface area contributed by atoms with Gasteiger partial charge in [0.25, 0.3) is 0 Å². The van der Waals surface area contributed by atoms with Gasteiger partial charge in [0, 0.05) is 24.9 Å². The standard InChI is InChI=1S/C12H13F2NO4S/c1-19-11-3-2-9(13)5-10(11)15-6-8(4-12(15)16)7-20(14,17)18/h2-3,5,8H,4,6-7H2,1H3. The zero-order valence-corrected chi connectivity index (χ0v) is 11.5. The van der Waals surface area contributed by atoms with E-state index in [0.717, 1.165) is 6.07 Å². The summed E-state index contributed by atoms with van der Waals surface area (Å²) in [7, 11) is -3.27. The summed E-state index contributed by atoms with van der Waals surface area (Å²) in [5, 5.41) is 0. The van der Waals surface area contributed by atoms with Crippen LogP contribution >= 0.6 is 0 Å². The lowest BCUT2D eigenvalue weighted by molar-refractivity contribution is -0.117. The second kappa shape index (κ2) is 5.35. The van der Waals surface area contributed by atoms with Crippen molar-refractivity contribution >= 4 is 21.8 Å². The van der Waals surface area contributed by atoms with E-state index in [9.17, 15) is 21.5 Å². The van der Waals surface area contributed by atoms with Crippen LogP contribution < -0.4 is 9.64 Å². The Morgan fingerprint density at radius 3 is 2.75 bits per heavy atom. The average molecular weight is 305 g/mol. The number of ether oxygens (including phenoxy) is 1. The number of nitrogens with zero attached hydrogens (tertiary/aromatic N) is 1. The molecule has 110 valence electrons. The fourth-order valence-electron chi connectivity index (χ4n) is 2.28. The SMILES string of the molecule is COc1ccc(F)cc1N1CC(CS(=O)(=O)F)CC1=O. The maximum Gasteiger partial charge on any atom is 0.302 e. The molecule has 0 bridgehead atoms. The van der Waals surface area contributed by atoms with Crippen LogP contribution in [0.15, 0.2) is 18.2 Å². The Morgan fingerprint density at radius 2 is 2.15 bits per heavy atom. The fraction of sp³-hybridized carbons (Fsp3) is 0.417. The van der Waals surface area contributed by atoms with Crippen LogP contribution in [-0.2, 0) is 15.0 Å². The van der Waals surface area contributed by atoms with E-state index in [4.69, 9.17) is 4.74 Å². The third-order valence-electron chi connectivity index (χ3n) is 3.07. The molecule has 0 radical (unpaired) electrons. The molecule has 1 saturated heterocycles. The van der Waals surface area contributed by atoms with Crippen molar-refractivity contribution < 1.29 is 26.2 Å². The summed E-state index contributed by atoms with van der Waals surface area (Å²) in [4.78, 5) is 13.1. The maximum atomic E-state index is 13.3. The first-order chi connectivity index (χ1) is 9.30. The zero-order chi connectivity index (χ0) is 14.9. The van der Waals surface area contributed by atoms with Gasteiger partial charge in [-0.25, -0.2) is 4.39 Å². The minimum atomic E-state index is -4.64. The van der Waals surface area contributed by atoms with Crippen LogP contribution in [0.4, 0.5) is 14.0 Å². The number of hydrogen-bond donors (Lipinski definition) is 0. The van der Waals surface area contributed by atoms with Gasteiger partial charge >= 0.3 is 10.2 Å². The third-order valence-corrected chi connectivity index (χ3v) is 3.94. The van der Waals surface area contributed by atoms with Crippen LogP contribution in [0.3, 0.4) is 0 Å². The highest BCUT2D eigenvalue weighted by molar-refractivity contribution is 7.86. The van der Waals surface area contributed by atoms with Gasteiger partial charge in [0.15, 0.2) is 0 Å². The molecule has 5 nitrogen and oxygen atoms in total. The Morgan fingerprint density at radius 1 is 1.45 bits per heavy atom. The first-order valence-corrected chi connectivity index (χ1v) is 7.41. The highest BCUT2D eigenvalue weighted by Crippen LogP contribution is 2.34. The number of carbonyl (C=O) groups is 1. The van der Waals surface area contributed by atoms with Crippen molar-refractivity contribution in [1.29, 1.82) is 0 Å². The molecule has 20 heavy (non-hydrogen) atoms. The molecule has 1 aliphatic heterocycles. The van der Waals surface area contributed by atoms with Gasteiger partial charge in [-0.2, -0.15) is 8.42 Å². The molecule has 1 unspecified atom stereocenters. The minimum Gasteiger partial charge on any atom is -0.495 e. The Kier molecular flexibility index (Phi) is 3.94. The number of benzene rings is 1. The van der Waals surface area contributed by atoms with E-state index in [1.165, 1.54) is 24.1 Å². The molecule has 1 amide bonds. The molecule has 0 N–H and O–H groups in total. The summed E-state index contributed by atoms with van der Waals surface area (Å²) in [6.07, 6.45) is -0.0944. The molecular weight excluding hydrogens is 292 g/mol. The molecule has 0 saturated carbocycles. The van der Waals surface area contributed by atoms with Crippen LogP contribution in [0.25, 0.3) is 0 Å². The van der Waals surface area contributed by atoms with Crippen molar-refractivity contribution in [2.75, 3.05) is 24.3 Å². The molecule has 8 heteroatoms. The predicted molar refractivity (Wildman–Crippen MR) is 68.3 cm³/mol. The van der Waals surface area contributed by atoms with Crippen molar-refractivity contribution in [3.63, 3.8) is 0 Å². The second-order valence-corrected chi connectivity index (χ2v) is 6.01. The monoisotopic (exact) mass is 305 g/mol. The van der Waals surface area contributed by atoms with Crippen molar-refractivity contribution in [3.05, 3.63) is 24.0 Å². The van der Waals surface area contributed by atoms with Gasteiger partial charge in [-0.3, -0.25) is 4.79 Å². The molecule has 0 aromatic heterocycles. The molecule has 2 rings (SSSR count). The highest BCUT2D eigenvalue weighted by atomic mass is 32.3. The first-order valence-electron chi connectivity index (χ1n) is 5.86. The Bertz CT molecular complexity index is 632. The molecule has 0 spiro atoms. The number of rotatable bonds is 4. The molecule has 1 aromatic carbocycles. The van der Waals surface area contributed by atoms with Crippen LogP contribution in [0.5, 0.6) is 5.75 Å². The minimum absolute atomic E-state index is 0.0157.